The van der Waals surface area contributed by atoms with E-state index in [9.17, 15) is 0 Å². The van der Waals surface area contributed by atoms with Crippen molar-refractivity contribution in [3.63, 3.8) is 0 Å². The van der Waals surface area contributed by atoms with Gasteiger partial charge in [-0.15, -0.1) is 0 Å². The van der Waals surface area contributed by atoms with Crippen molar-refractivity contribution < 1.29 is 0 Å². The van der Waals surface area contributed by atoms with Crippen molar-refractivity contribution in [3.8, 4) is 78.7 Å². The Morgan fingerprint density at radius 1 is 0.294 bits per heavy atom. The molecule has 9 rings (SSSR count). The fourth-order valence-electron chi connectivity index (χ4n) is 7.43. The molecule has 1 aliphatic rings. The van der Waals surface area contributed by atoms with Gasteiger partial charge in [0.25, 0.3) is 0 Å². The molecule has 7 aromatic carbocycles. The quantitative estimate of drug-likeness (QED) is 0.179. The van der Waals surface area contributed by atoms with Crippen LogP contribution in [0.4, 0.5) is 0 Å². The molecule has 0 atom stereocenters. The lowest BCUT2D eigenvalue weighted by atomic mass is 9.80. The first-order chi connectivity index (χ1) is 25.0. The molecule has 51 heavy (non-hydrogen) atoms. The summed E-state index contributed by atoms with van der Waals surface area (Å²) in [7, 11) is 0. The highest BCUT2D eigenvalue weighted by molar-refractivity contribution is 5.92. The van der Waals surface area contributed by atoms with E-state index >= 15 is 0 Å². The van der Waals surface area contributed by atoms with Crippen molar-refractivity contribution in [2.24, 2.45) is 0 Å². The summed E-state index contributed by atoms with van der Waals surface area (Å²) in [4.78, 5) is 15.0. The Bertz CT molecular complexity index is 2500. The zero-order valence-corrected chi connectivity index (χ0v) is 28.6. The molecule has 0 saturated heterocycles. The van der Waals surface area contributed by atoms with E-state index in [0.717, 1.165) is 27.8 Å². The van der Waals surface area contributed by atoms with Crippen LogP contribution in [0.2, 0.25) is 0 Å². The molecule has 0 saturated carbocycles. The maximum atomic E-state index is 5.04. The summed E-state index contributed by atoms with van der Waals surface area (Å²) in [5.41, 5.74) is 15.2. The molecule has 1 aliphatic carbocycles. The van der Waals surface area contributed by atoms with Crippen molar-refractivity contribution in [3.05, 3.63) is 187 Å². The van der Waals surface area contributed by atoms with Crippen LogP contribution in [0.15, 0.2) is 176 Å². The van der Waals surface area contributed by atoms with E-state index in [1.54, 1.807) is 0 Å². The largest absolute Gasteiger partial charge is 0.208 e. The molecule has 3 nitrogen and oxygen atoms in total. The number of benzene rings is 7. The second-order valence-electron chi connectivity index (χ2n) is 13.7. The van der Waals surface area contributed by atoms with E-state index in [-0.39, 0.29) is 5.41 Å². The first-order valence-corrected chi connectivity index (χ1v) is 17.4. The number of hydrogen-bond donors (Lipinski definition) is 0. The fraction of sp³-hybridized carbons (Fsp3) is 0.0625. The summed E-state index contributed by atoms with van der Waals surface area (Å²) in [6.07, 6.45) is 0. The molecule has 3 heteroatoms. The number of rotatable bonds is 6. The van der Waals surface area contributed by atoms with Gasteiger partial charge >= 0.3 is 0 Å². The van der Waals surface area contributed by atoms with Gasteiger partial charge in [-0.3, -0.25) is 0 Å². The lowest BCUT2D eigenvalue weighted by molar-refractivity contribution is 0.660. The predicted molar refractivity (Wildman–Crippen MR) is 210 cm³/mol. The van der Waals surface area contributed by atoms with Crippen LogP contribution in [0.5, 0.6) is 0 Å². The summed E-state index contributed by atoms with van der Waals surface area (Å²) in [5, 5.41) is 0. The number of nitrogens with zero attached hydrogens (tertiary/aromatic N) is 3. The Morgan fingerprint density at radius 3 is 1.24 bits per heavy atom. The van der Waals surface area contributed by atoms with Crippen molar-refractivity contribution in [2.45, 2.75) is 19.3 Å². The summed E-state index contributed by atoms with van der Waals surface area (Å²) >= 11 is 0. The van der Waals surface area contributed by atoms with Gasteiger partial charge in [0.05, 0.1) is 0 Å². The van der Waals surface area contributed by atoms with Crippen LogP contribution in [0.1, 0.15) is 25.0 Å². The van der Waals surface area contributed by atoms with Gasteiger partial charge < -0.3 is 0 Å². The van der Waals surface area contributed by atoms with E-state index in [2.05, 4.69) is 153 Å². The van der Waals surface area contributed by atoms with Gasteiger partial charge in [-0.25, -0.2) is 15.0 Å². The Kier molecular flexibility index (Phi) is 7.48. The highest BCUT2D eigenvalue weighted by Crippen LogP contribution is 2.51. The third-order valence-corrected chi connectivity index (χ3v) is 10.2. The van der Waals surface area contributed by atoms with Crippen LogP contribution in [0.25, 0.3) is 78.7 Å². The van der Waals surface area contributed by atoms with Gasteiger partial charge in [0.2, 0.25) is 0 Å². The van der Waals surface area contributed by atoms with E-state index in [0.29, 0.717) is 17.5 Å². The van der Waals surface area contributed by atoms with Crippen LogP contribution in [0.3, 0.4) is 0 Å². The summed E-state index contributed by atoms with van der Waals surface area (Å²) < 4.78 is 0. The fourth-order valence-corrected chi connectivity index (χ4v) is 7.43. The van der Waals surface area contributed by atoms with Crippen molar-refractivity contribution in [2.75, 3.05) is 0 Å². The van der Waals surface area contributed by atoms with Crippen molar-refractivity contribution in [1.29, 1.82) is 0 Å². The Hall–Kier alpha value is -6.45. The molecule has 0 aliphatic heterocycles. The molecule has 1 heterocycles. The molecule has 0 bridgehead atoms. The zero-order chi connectivity index (χ0) is 34.4. The Balaban J connectivity index is 1.14. The predicted octanol–water partition coefficient (Wildman–Crippen LogP) is 12.2. The van der Waals surface area contributed by atoms with Gasteiger partial charge in [-0.2, -0.15) is 0 Å². The molecule has 0 fully saturated rings. The average molecular weight is 654 g/mol. The van der Waals surface area contributed by atoms with Crippen LogP contribution >= 0.6 is 0 Å². The lowest BCUT2D eigenvalue weighted by Crippen LogP contribution is -2.15. The number of fused-ring (bicyclic) bond motifs is 3. The van der Waals surface area contributed by atoms with E-state index in [1.165, 1.54) is 44.5 Å². The maximum absolute atomic E-state index is 5.04. The topological polar surface area (TPSA) is 38.7 Å². The van der Waals surface area contributed by atoms with E-state index in [1.807, 2.05) is 36.4 Å². The third-order valence-electron chi connectivity index (χ3n) is 10.2. The van der Waals surface area contributed by atoms with Gasteiger partial charge in [0.15, 0.2) is 17.5 Å². The second-order valence-corrected chi connectivity index (χ2v) is 13.7. The van der Waals surface area contributed by atoms with Gasteiger partial charge in [0, 0.05) is 22.1 Å². The Labute approximate surface area is 299 Å². The zero-order valence-electron chi connectivity index (χ0n) is 28.6. The molecular formula is C48H35N3. The molecule has 0 N–H and O–H groups in total. The molecule has 242 valence electrons. The smallest absolute Gasteiger partial charge is 0.164 e. The SMILES string of the molecule is CC1(C)c2ccccc2-c2cc(-c3ccccc3)c(-c3ccc(-c4nc(-c5ccccc5)nc(-c5ccc(-c6ccccc6)cc5)n4)cc3)cc21. The normalized spacial score (nSPS) is 12.7. The highest BCUT2D eigenvalue weighted by atomic mass is 15.0. The number of aromatic nitrogens is 3. The minimum absolute atomic E-state index is 0.0930. The molecule has 8 aromatic rings. The minimum Gasteiger partial charge on any atom is -0.208 e. The summed E-state index contributed by atoms with van der Waals surface area (Å²) in [5.74, 6) is 1.94. The highest BCUT2D eigenvalue weighted by Gasteiger charge is 2.36. The van der Waals surface area contributed by atoms with Gasteiger partial charge in [0.1, 0.15) is 0 Å². The van der Waals surface area contributed by atoms with Crippen molar-refractivity contribution in [1.82, 2.24) is 15.0 Å². The summed E-state index contributed by atoms with van der Waals surface area (Å²) in [6.45, 7) is 4.68. The maximum Gasteiger partial charge on any atom is 0.164 e. The molecule has 1 aromatic heterocycles. The lowest BCUT2D eigenvalue weighted by Gasteiger charge is -2.23. The molecule has 0 spiro atoms. The average Bonchev–Trinajstić information content (AvgIpc) is 3.43. The van der Waals surface area contributed by atoms with Crippen LogP contribution in [0, 0.1) is 0 Å². The van der Waals surface area contributed by atoms with Gasteiger partial charge in [-0.05, 0) is 67.8 Å². The first-order valence-electron chi connectivity index (χ1n) is 17.4. The van der Waals surface area contributed by atoms with E-state index in [4.69, 9.17) is 15.0 Å². The van der Waals surface area contributed by atoms with Gasteiger partial charge in [-0.1, -0.05) is 178 Å². The third kappa shape index (κ3) is 5.53. The molecule has 0 radical (unpaired) electrons. The van der Waals surface area contributed by atoms with E-state index < -0.39 is 0 Å². The van der Waals surface area contributed by atoms with Crippen LogP contribution in [-0.4, -0.2) is 15.0 Å². The van der Waals surface area contributed by atoms with Crippen molar-refractivity contribution >= 4 is 0 Å². The monoisotopic (exact) mass is 653 g/mol. The standard InChI is InChI=1S/C48H35N3/c1-48(2)43-21-13-12-20-39(43)42-30-40(34-16-8-4-9-17-34)41(31-44(42)48)35-24-28-38(29-25-35)47-50-45(36-18-10-5-11-19-36)49-46(51-47)37-26-22-33(23-27-37)32-14-6-3-7-15-32/h3-31H,1-2H3. The Morgan fingerprint density at radius 2 is 0.667 bits per heavy atom. The first kappa shape index (κ1) is 30.6. The van der Waals surface area contributed by atoms with Crippen LogP contribution in [-0.2, 0) is 5.41 Å². The molecule has 0 amide bonds. The molecular weight excluding hydrogens is 619 g/mol. The second kappa shape index (κ2) is 12.5. The molecule has 0 unspecified atom stereocenters. The van der Waals surface area contributed by atoms with Crippen LogP contribution < -0.4 is 0 Å². The summed E-state index contributed by atoms with van der Waals surface area (Å²) in [6, 6.07) is 62.1. The number of hydrogen-bond acceptors (Lipinski definition) is 3. The minimum atomic E-state index is -0.0930.